The predicted molar refractivity (Wildman–Crippen MR) is 79.3 cm³/mol. The van der Waals surface area contributed by atoms with E-state index in [-0.39, 0.29) is 0 Å². The number of nitrogens with zero attached hydrogens (tertiary/aromatic N) is 3. The summed E-state index contributed by atoms with van der Waals surface area (Å²) in [6.45, 7) is 6.37. The number of aryl methyl sites for hydroxylation is 1. The fourth-order valence-electron chi connectivity index (χ4n) is 2.62. The Morgan fingerprint density at radius 1 is 1.16 bits per heavy atom. The Bertz CT molecular complexity index is 411. The molecule has 0 unspecified atom stereocenters. The van der Waals surface area contributed by atoms with E-state index in [9.17, 15) is 0 Å². The van der Waals surface area contributed by atoms with Gasteiger partial charge in [-0.15, -0.1) is 0 Å². The molecule has 106 valence electrons. The minimum absolute atomic E-state index is 0.762. The molecule has 1 fully saturated rings. The number of nitrogen functional groups attached to an aromatic ring is 1. The first-order chi connectivity index (χ1) is 9.26. The van der Waals surface area contributed by atoms with Crippen LogP contribution in [0.25, 0.3) is 0 Å². The van der Waals surface area contributed by atoms with E-state index in [2.05, 4.69) is 22.2 Å². The Balaban J connectivity index is 2.32. The Hall–Kier alpha value is -1.36. The fraction of sp³-hybridized carbons (Fsp3) is 0.714. The van der Waals surface area contributed by atoms with Crippen LogP contribution in [0, 0.1) is 6.92 Å². The first-order valence-electron chi connectivity index (χ1n) is 7.35. The van der Waals surface area contributed by atoms with Gasteiger partial charge in [0, 0.05) is 25.1 Å². The standard InChI is InChI=1S/C14H25N5/c1-3-8-12-16-13(18-15)11(2)14(17-12)19-9-6-4-5-7-10-19/h3-10,15H2,1-2H3,(H,16,17,18). The molecule has 5 nitrogen and oxygen atoms in total. The Labute approximate surface area is 115 Å². The van der Waals surface area contributed by atoms with Gasteiger partial charge in [0.05, 0.1) is 0 Å². The maximum absolute atomic E-state index is 5.59. The molecule has 2 heterocycles. The third-order valence-electron chi connectivity index (χ3n) is 3.68. The van der Waals surface area contributed by atoms with E-state index in [0.29, 0.717) is 0 Å². The molecule has 0 spiro atoms. The zero-order chi connectivity index (χ0) is 13.7. The monoisotopic (exact) mass is 263 g/mol. The predicted octanol–water partition coefficient (Wildman–Crippen LogP) is 2.40. The lowest BCUT2D eigenvalue weighted by Crippen LogP contribution is -2.27. The van der Waals surface area contributed by atoms with Gasteiger partial charge in [-0.25, -0.2) is 15.8 Å². The van der Waals surface area contributed by atoms with Gasteiger partial charge >= 0.3 is 0 Å². The van der Waals surface area contributed by atoms with Crippen LogP contribution in [0.3, 0.4) is 0 Å². The summed E-state index contributed by atoms with van der Waals surface area (Å²) in [5.41, 5.74) is 3.77. The molecule has 0 amide bonds. The summed E-state index contributed by atoms with van der Waals surface area (Å²) in [6, 6.07) is 0. The minimum Gasteiger partial charge on any atom is -0.356 e. The third-order valence-corrected chi connectivity index (χ3v) is 3.68. The smallest absolute Gasteiger partial charge is 0.148 e. The van der Waals surface area contributed by atoms with Gasteiger partial charge in [-0.1, -0.05) is 19.8 Å². The molecular formula is C14H25N5. The summed E-state index contributed by atoms with van der Waals surface area (Å²) >= 11 is 0. The molecule has 0 radical (unpaired) electrons. The minimum atomic E-state index is 0.762. The van der Waals surface area contributed by atoms with E-state index < -0.39 is 0 Å². The van der Waals surface area contributed by atoms with E-state index >= 15 is 0 Å². The molecule has 0 bridgehead atoms. The topological polar surface area (TPSA) is 67.1 Å². The fourth-order valence-corrected chi connectivity index (χ4v) is 2.62. The zero-order valence-corrected chi connectivity index (χ0v) is 12.1. The largest absolute Gasteiger partial charge is 0.356 e. The molecular weight excluding hydrogens is 238 g/mol. The number of nitrogens with two attached hydrogens (primary N) is 1. The van der Waals surface area contributed by atoms with Gasteiger partial charge in [0.1, 0.15) is 17.5 Å². The highest BCUT2D eigenvalue weighted by Gasteiger charge is 2.17. The summed E-state index contributed by atoms with van der Waals surface area (Å²) in [5, 5.41) is 0. The third kappa shape index (κ3) is 3.35. The van der Waals surface area contributed by atoms with Crippen LogP contribution in [-0.4, -0.2) is 23.1 Å². The molecule has 1 aromatic heterocycles. The van der Waals surface area contributed by atoms with Crippen molar-refractivity contribution in [3.8, 4) is 0 Å². The molecule has 0 aliphatic carbocycles. The molecule has 1 aliphatic heterocycles. The van der Waals surface area contributed by atoms with Crippen LogP contribution in [0.15, 0.2) is 0 Å². The lowest BCUT2D eigenvalue weighted by Gasteiger charge is -2.24. The summed E-state index contributed by atoms with van der Waals surface area (Å²) in [4.78, 5) is 11.6. The number of nitrogens with one attached hydrogen (secondary N) is 1. The molecule has 0 atom stereocenters. The van der Waals surface area contributed by atoms with E-state index in [1.807, 2.05) is 6.92 Å². The van der Waals surface area contributed by atoms with Crippen molar-refractivity contribution >= 4 is 11.6 Å². The highest BCUT2D eigenvalue weighted by molar-refractivity contribution is 5.58. The highest BCUT2D eigenvalue weighted by Crippen LogP contribution is 2.25. The first-order valence-corrected chi connectivity index (χ1v) is 7.35. The van der Waals surface area contributed by atoms with Crippen LogP contribution in [0.1, 0.15) is 50.4 Å². The summed E-state index contributed by atoms with van der Waals surface area (Å²) in [5.74, 6) is 8.30. The van der Waals surface area contributed by atoms with Gasteiger partial charge in [0.25, 0.3) is 0 Å². The molecule has 1 aromatic rings. The SMILES string of the molecule is CCCc1nc(NN)c(C)c(N2CCCCCC2)n1. The van der Waals surface area contributed by atoms with Gasteiger partial charge in [-0.3, -0.25) is 0 Å². The van der Waals surface area contributed by atoms with Gasteiger partial charge in [0.15, 0.2) is 0 Å². The second kappa shape index (κ2) is 6.70. The van der Waals surface area contributed by atoms with E-state index in [1.165, 1.54) is 25.7 Å². The molecule has 0 aromatic carbocycles. The van der Waals surface area contributed by atoms with Crippen LogP contribution in [0.4, 0.5) is 11.6 Å². The zero-order valence-electron chi connectivity index (χ0n) is 12.1. The number of hydrogen-bond donors (Lipinski definition) is 2. The van der Waals surface area contributed by atoms with Crippen LogP contribution >= 0.6 is 0 Å². The second-order valence-corrected chi connectivity index (χ2v) is 5.23. The van der Waals surface area contributed by atoms with Crippen molar-refractivity contribution < 1.29 is 0 Å². The first kappa shape index (κ1) is 14.1. The number of hydrogen-bond acceptors (Lipinski definition) is 5. The van der Waals surface area contributed by atoms with Crippen LogP contribution in [0.5, 0.6) is 0 Å². The number of anilines is 2. The highest BCUT2D eigenvalue weighted by atomic mass is 15.3. The van der Waals surface area contributed by atoms with Gasteiger partial charge in [-0.05, 0) is 26.2 Å². The number of aromatic nitrogens is 2. The van der Waals surface area contributed by atoms with Crippen molar-refractivity contribution in [2.45, 2.75) is 52.4 Å². The lowest BCUT2D eigenvalue weighted by molar-refractivity contribution is 0.726. The molecule has 1 aliphatic rings. The quantitative estimate of drug-likeness (QED) is 0.645. The number of rotatable bonds is 4. The van der Waals surface area contributed by atoms with Crippen molar-refractivity contribution in [2.24, 2.45) is 5.84 Å². The molecule has 0 saturated carbocycles. The van der Waals surface area contributed by atoms with Crippen molar-refractivity contribution in [3.63, 3.8) is 0 Å². The molecule has 5 heteroatoms. The van der Waals surface area contributed by atoms with Crippen molar-refractivity contribution in [1.29, 1.82) is 0 Å². The van der Waals surface area contributed by atoms with Crippen molar-refractivity contribution in [1.82, 2.24) is 9.97 Å². The second-order valence-electron chi connectivity index (χ2n) is 5.23. The Kier molecular flexibility index (Phi) is 4.96. The summed E-state index contributed by atoms with van der Waals surface area (Å²) in [6.07, 6.45) is 7.09. The normalized spacial score (nSPS) is 16.3. The van der Waals surface area contributed by atoms with Crippen LogP contribution in [-0.2, 0) is 6.42 Å². The summed E-state index contributed by atoms with van der Waals surface area (Å²) in [7, 11) is 0. The van der Waals surface area contributed by atoms with Gasteiger partial charge < -0.3 is 10.3 Å². The average molecular weight is 263 g/mol. The van der Waals surface area contributed by atoms with Crippen molar-refractivity contribution in [2.75, 3.05) is 23.4 Å². The molecule has 2 rings (SSSR count). The Morgan fingerprint density at radius 2 is 1.84 bits per heavy atom. The van der Waals surface area contributed by atoms with Gasteiger partial charge in [0.2, 0.25) is 0 Å². The molecule has 1 saturated heterocycles. The van der Waals surface area contributed by atoms with Crippen molar-refractivity contribution in [3.05, 3.63) is 11.4 Å². The van der Waals surface area contributed by atoms with E-state index in [4.69, 9.17) is 10.8 Å². The maximum atomic E-state index is 5.59. The molecule has 19 heavy (non-hydrogen) atoms. The number of hydrazine groups is 1. The lowest BCUT2D eigenvalue weighted by atomic mass is 10.2. The van der Waals surface area contributed by atoms with Gasteiger partial charge in [-0.2, -0.15) is 0 Å². The average Bonchev–Trinajstić information content (AvgIpc) is 2.69. The van der Waals surface area contributed by atoms with Crippen LogP contribution in [0.2, 0.25) is 0 Å². The summed E-state index contributed by atoms with van der Waals surface area (Å²) < 4.78 is 0. The molecule has 3 N–H and O–H groups in total. The maximum Gasteiger partial charge on any atom is 0.148 e. The van der Waals surface area contributed by atoms with E-state index in [0.717, 1.165) is 49.0 Å². The Morgan fingerprint density at radius 3 is 2.42 bits per heavy atom. The van der Waals surface area contributed by atoms with Crippen LogP contribution < -0.4 is 16.2 Å². The van der Waals surface area contributed by atoms with E-state index in [1.54, 1.807) is 0 Å².